The zero-order valence-corrected chi connectivity index (χ0v) is 9.16. The van der Waals surface area contributed by atoms with Gasteiger partial charge in [-0.25, -0.2) is 9.97 Å². The molecule has 3 N–H and O–H groups in total. The first-order valence-corrected chi connectivity index (χ1v) is 5.51. The molecular formula is C10H12N4S. The highest BCUT2D eigenvalue weighted by molar-refractivity contribution is 7.10. The Labute approximate surface area is 92.2 Å². The van der Waals surface area contributed by atoms with Gasteiger partial charge >= 0.3 is 0 Å². The summed E-state index contributed by atoms with van der Waals surface area (Å²) in [6.07, 6.45) is 3.19. The minimum absolute atomic E-state index is 0.216. The lowest BCUT2D eigenvalue weighted by Crippen LogP contribution is -2.08. The molecule has 0 saturated carbocycles. The van der Waals surface area contributed by atoms with Crippen LogP contribution in [0.5, 0.6) is 0 Å². The minimum Gasteiger partial charge on any atom is -0.396 e. The van der Waals surface area contributed by atoms with Crippen molar-refractivity contribution in [2.45, 2.75) is 13.0 Å². The normalized spacial score (nSPS) is 12.3. The summed E-state index contributed by atoms with van der Waals surface area (Å²) in [4.78, 5) is 9.43. The first-order chi connectivity index (χ1) is 7.25. The summed E-state index contributed by atoms with van der Waals surface area (Å²) in [5.74, 6) is 0.602. The number of nitrogens with two attached hydrogens (primary N) is 1. The third-order valence-corrected chi connectivity index (χ3v) is 3.04. The first kappa shape index (κ1) is 9.92. The van der Waals surface area contributed by atoms with Gasteiger partial charge in [0.05, 0.1) is 24.1 Å². The SMILES string of the molecule is CC(Nc1ncc(N)cn1)c1cccs1. The van der Waals surface area contributed by atoms with E-state index in [1.807, 2.05) is 6.07 Å². The highest BCUT2D eigenvalue weighted by Crippen LogP contribution is 2.21. The van der Waals surface area contributed by atoms with Crippen LogP contribution < -0.4 is 11.1 Å². The second kappa shape index (κ2) is 4.27. The van der Waals surface area contributed by atoms with Crippen molar-refractivity contribution in [2.24, 2.45) is 0 Å². The first-order valence-electron chi connectivity index (χ1n) is 4.63. The Bertz CT molecular complexity index is 409. The van der Waals surface area contributed by atoms with E-state index in [-0.39, 0.29) is 6.04 Å². The third kappa shape index (κ3) is 2.44. The molecule has 0 aromatic carbocycles. The summed E-state index contributed by atoms with van der Waals surface area (Å²) in [5, 5.41) is 5.26. The Kier molecular flexibility index (Phi) is 2.82. The van der Waals surface area contributed by atoms with Crippen LogP contribution in [0.4, 0.5) is 11.6 Å². The van der Waals surface area contributed by atoms with E-state index in [0.29, 0.717) is 11.6 Å². The van der Waals surface area contributed by atoms with Crippen LogP contribution >= 0.6 is 11.3 Å². The molecule has 0 bridgehead atoms. The predicted octanol–water partition coefficient (Wildman–Crippen LogP) is 2.29. The van der Waals surface area contributed by atoms with Crippen LogP contribution in [0.15, 0.2) is 29.9 Å². The number of hydrogen-bond donors (Lipinski definition) is 2. The van der Waals surface area contributed by atoms with Gasteiger partial charge in [-0.1, -0.05) is 6.07 Å². The number of aromatic nitrogens is 2. The molecule has 2 aromatic rings. The van der Waals surface area contributed by atoms with Gasteiger partial charge in [-0.15, -0.1) is 11.3 Å². The van der Waals surface area contributed by atoms with Gasteiger partial charge in [-0.3, -0.25) is 0 Å². The second-order valence-electron chi connectivity index (χ2n) is 3.22. The Morgan fingerprint density at radius 3 is 2.73 bits per heavy atom. The average molecular weight is 220 g/mol. The summed E-state index contributed by atoms with van der Waals surface area (Å²) >= 11 is 1.71. The highest BCUT2D eigenvalue weighted by Gasteiger charge is 2.06. The number of nitrogen functional groups attached to an aromatic ring is 1. The number of hydrogen-bond acceptors (Lipinski definition) is 5. The fourth-order valence-electron chi connectivity index (χ4n) is 1.21. The Morgan fingerprint density at radius 2 is 2.13 bits per heavy atom. The van der Waals surface area contributed by atoms with Crippen molar-refractivity contribution in [1.29, 1.82) is 0 Å². The molecular weight excluding hydrogens is 208 g/mol. The zero-order valence-electron chi connectivity index (χ0n) is 8.34. The number of thiophene rings is 1. The van der Waals surface area contributed by atoms with Crippen LogP contribution in [0.1, 0.15) is 17.8 Å². The molecule has 0 saturated heterocycles. The number of nitrogens with zero attached hydrogens (tertiary/aromatic N) is 2. The molecule has 0 amide bonds. The van der Waals surface area contributed by atoms with Crippen molar-refractivity contribution >= 4 is 23.0 Å². The van der Waals surface area contributed by atoms with E-state index >= 15 is 0 Å². The Hall–Kier alpha value is -1.62. The molecule has 0 spiro atoms. The number of nitrogens with one attached hydrogen (secondary N) is 1. The van der Waals surface area contributed by atoms with E-state index in [1.165, 1.54) is 4.88 Å². The van der Waals surface area contributed by atoms with Crippen LogP contribution in [0.25, 0.3) is 0 Å². The molecule has 0 aliphatic heterocycles. The van der Waals surface area contributed by atoms with Crippen molar-refractivity contribution in [1.82, 2.24) is 9.97 Å². The van der Waals surface area contributed by atoms with Crippen molar-refractivity contribution in [3.8, 4) is 0 Å². The Balaban J connectivity index is 2.06. The van der Waals surface area contributed by atoms with Gasteiger partial charge in [0.15, 0.2) is 0 Å². The fourth-order valence-corrected chi connectivity index (χ4v) is 1.95. The smallest absolute Gasteiger partial charge is 0.223 e. The van der Waals surface area contributed by atoms with E-state index in [9.17, 15) is 0 Å². The third-order valence-electron chi connectivity index (χ3n) is 1.99. The molecule has 0 radical (unpaired) electrons. The van der Waals surface area contributed by atoms with Crippen molar-refractivity contribution in [3.63, 3.8) is 0 Å². The summed E-state index contributed by atoms with van der Waals surface area (Å²) in [6.45, 7) is 2.07. The molecule has 2 rings (SSSR count). The molecule has 2 heterocycles. The lowest BCUT2D eigenvalue weighted by Gasteiger charge is -2.11. The lowest BCUT2D eigenvalue weighted by atomic mass is 10.3. The minimum atomic E-state index is 0.216. The maximum absolute atomic E-state index is 5.50. The molecule has 1 unspecified atom stereocenters. The van der Waals surface area contributed by atoms with E-state index in [1.54, 1.807) is 23.7 Å². The number of anilines is 2. The second-order valence-corrected chi connectivity index (χ2v) is 4.20. The highest BCUT2D eigenvalue weighted by atomic mass is 32.1. The van der Waals surface area contributed by atoms with Crippen LogP contribution in [-0.2, 0) is 0 Å². The van der Waals surface area contributed by atoms with E-state index in [2.05, 4.69) is 33.7 Å². The van der Waals surface area contributed by atoms with Gasteiger partial charge in [0, 0.05) is 4.88 Å². The molecule has 0 aliphatic rings. The van der Waals surface area contributed by atoms with Gasteiger partial charge in [-0.2, -0.15) is 0 Å². The van der Waals surface area contributed by atoms with Crippen LogP contribution in [0, 0.1) is 0 Å². The largest absolute Gasteiger partial charge is 0.396 e. The van der Waals surface area contributed by atoms with Crippen molar-refractivity contribution in [3.05, 3.63) is 34.8 Å². The van der Waals surface area contributed by atoms with Gasteiger partial charge < -0.3 is 11.1 Å². The quantitative estimate of drug-likeness (QED) is 0.833. The van der Waals surface area contributed by atoms with Gasteiger partial charge in [0.25, 0.3) is 0 Å². The van der Waals surface area contributed by atoms with Crippen LogP contribution in [-0.4, -0.2) is 9.97 Å². The van der Waals surface area contributed by atoms with E-state index in [0.717, 1.165) is 0 Å². The molecule has 1 atom stereocenters. The molecule has 4 nitrogen and oxygen atoms in total. The van der Waals surface area contributed by atoms with E-state index in [4.69, 9.17) is 5.73 Å². The summed E-state index contributed by atoms with van der Waals surface area (Å²) in [6, 6.07) is 4.33. The van der Waals surface area contributed by atoms with Gasteiger partial charge in [0.1, 0.15) is 0 Å². The summed E-state index contributed by atoms with van der Waals surface area (Å²) in [7, 11) is 0. The monoisotopic (exact) mass is 220 g/mol. The van der Waals surface area contributed by atoms with Crippen LogP contribution in [0.3, 0.4) is 0 Å². The molecule has 0 aliphatic carbocycles. The van der Waals surface area contributed by atoms with E-state index < -0.39 is 0 Å². The molecule has 78 valence electrons. The molecule has 0 fully saturated rings. The van der Waals surface area contributed by atoms with Crippen molar-refractivity contribution < 1.29 is 0 Å². The molecule has 2 aromatic heterocycles. The Morgan fingerprint density at radius 1 is 1.40 bits per heavy atom. The van der Waals surface area contributed by atoms with Crippen molar-refractivity contribution in [2.75, 3.05) is 11.1 Å². The molecule has 15 heavy (non-hydrogen) atoms. The predicted molar refractivity (Wildman–Crippen MR) is 62.8 cm³/mol. The summed E-state index contributed by atoms with van der Waals surface area (Å²) < 4.78 is 0. The van der Waals surface area contributed by atoms with Crippen LogP contribution in [0.2, 0.25) is 0 Å². The topological polar surface area (TPSA) is 63.8 Å². The molecule has 5 heteroatoms. The zero-order chi connectivity index (χ0) is 10.7. The number of rotatable bonds is 3. The maximum atomic E-state index is 5.50. The average Bonchev–Trinajstić information content (AvgIpc) is 2.74. The lowest BCUT2D eigenvalue weighted by molar-refractivity contribution is 0.880. The van der Waals surface area contributed by atoms with Gasteiger partial charge in [0.2, 0.25) is 5.95 Å². The maximum Gasteiger partial charge on any atom is 0.223 e. The fraction of sp³-hybridized carbons (Fsp3) is 0.200. The van der Waals surface area contributed by atoms with Gasteiger partial charge in [-0.05, 0) is 18.4 Å². The summed E-state index contributed by atoms with van der Waals surface area (Å²) in [5.41, 5.74) is 6.07. The standard InChI is InChI=1S/C10H12N4S/c1-7(9-3-2-4-15-9)14-10-12-5-8(11)6-13-10/h2-7H,11H2,1H3,(H,12,13,14).